The van der Waals surface area contributed by atoms with Gasteiger partial charge in [0, 0.05) is 49.9 Å². The maximum atomic E-state index is 10.6. The molecule has 1 aromatic carbocycles. The molecule has 1 aliphatic rings. The molecule has 160 valence electrons. The molecule has 2 atom stereocenters. The van der Waals surface area contributed by atoms with Crippen LogP contribution in [0.15, 0.2) is 30.6 Å². The Hall–Kier alpha value is -3.46. The van der Waals surface area contributed by atoms with E-state index in [-0.39, 0.29) is 5.75 Å². The van der Waals surface area contributed by atoms with Crippen LogP contribution in [-0.2, 0) is 7.05 Å². The maximum Gasteiger partial charge on any atom is 0.226 e. The third kappa shape index (κ3) is 3.50. The lowest BCUT2D eigenvalue weighted by molar-refractivity contribution is 0.402. The van der Waals surface area contributed by atoms with Crippen LogP contribution in [0.3, 0.4) is 0 Å². The summed E-state index contributed by atoms with van der Waals surface area (Å²) in [4.78, 5) is 16.1. The number of methoxy groups -OCH3 is 1. The van der Waals surface area contributed by atoms with Crippen molar-refractivity contribution in [3.05, 3.63) is 30.6 Å². The summed E-state index contributed by atoms with van der Waals surface area (Å²) in [5.74, 6) is 0.849. The molecule has 5 rings (SSSR count). The van der Waals surface area contributed by atoms with Crippen molar-refractivity contribution in [2.45, 2.75) is 25.9 Å². The normalized spacial score (nSPS) is 19.3. The standard InChI is InChI=1S/C22H25N7O2/c1-12-9-29(10-13(2)24-12)15-6-17-20(23-8-15)25-21(26-22(17)31-4)16-5-14-11-28(3)27-18(14)7-19(16)30/h5-8,11-13,24,30H,9-10H2,1-4H3. The van der Waals surface area contributed by atoms with Crippen LogP contribution in [0.5, 0.6) is 11.6 Å². The molecular formula is C22H25N7O2. The van der Waals surface area contributed by atoms with E-state index in [0.29, 0.717) is 40.5 Å². The van der Waals surface area contributed by atoms with Gasteiger partial charge in [-0.2, -0.15) is 10.1 Å². The predicted molar refractivity (Wildman–Crippen MR) is 120 cm³/mol. The molecule has 1 fully saturated rings. The molecule has 0 amide bonds. The Labute approximate surface area is 179 Å². The van der Waals surface area contributed by atoms with Gasteiger partial charge in [0.05, 0.1) is 35.5 Å². The largest absolute Gasteiger partial charge is 0.507 e. The van der Waals surface area contributed by atoms with Gasteiger partial charge in [-0.3, -0.25) is 4.68 Å². The van der Waals surface area contributed by atoms with E-state index in [1.54, 1.807) is 17.9 Å². The van der Waals surface area contributed by atoms with Crippen molar-refractivity contribution < 1.29 is 9.84 Å². The summed E-state index contributed by atoms with van der Waals surface area (Å²) < 4.78 is 7.29. The van der Waals surface area contributed by atoms with E-state index in [1.165, 1.54) is 0 Å². The molecule has 2 unspecified atom stereocenters. The van der Waals surface area contributed by atoms with Crippen LogP contribution in [-0.4, -0.2) is 62.1 Å². The molecule has 0 bridgehead atoms. The highest BCUT2D eigenvalue weighted by Crippen LogP contribution is 2.34. The first kappa shape index (κ1) is 19.5. The fourth-order valence-electron chi connectivity index (χ4n) is 4.32. The number of nitrogens with one attached hydrogen (secondary N) is 1. The second-order valence-corrected chi connectivity index (χ2v) is 8.23. The number of aromatic nitrogens is 5. The highest BCUT2D eigenvalue weighted by atomic mass is 16.5. The smallest absolute Gasteiger partial charge is 0.226 e. The van der Waals surface area contributed by atoms with Crippen LogP contribution < -0.4 is 15.0 Å². The number of hydrogen-bond donors (Lipinski definition) is 2. The van der Waals surface area contributed by atoms with Crippen molar-refractivity contribution >= 4 is 27.6 Å². The van der Waals surface area contributed by atoms with Crippen molar-refractivity contribution in [2.24, 2.45) is 7.05 Å². The summed E-state index contributed by atoms with van der Waals surface area (Å²) >= 11 is 0. The summed E-state index contributed by atoms with van der Waals surface area (Å²) in [6.07, 6.45) is 3.73. The van der Waals surface area contributed by atoms with Crippen LogP contribution >= 0.6 is 0 Å². The Morgan fingerprint density at radius 3 is 2.65 bits per heavy atom. The monoisotopic (exact) mass is 419 g/mol. The minimum atomic E-state index is 0.0630. The molecule has 2 N–H and O–H groups in total. The molecule has 4 heterocycles. The van der Waals surface area contributed by atoms with Gasteiger partial charge in [-0.15, -0.1) is 0 Å². The van der Waals surface area contributed by atoms with Gasteiger partial charge in [-0.25, -0.2) is 9.97 Å². The first-order valence-electron chi connectivity index (χ1n) is 10.3. The number of benzene rings is 1. The number of nitrogens with zero attached hydrogens (tertiary/aromatic N) is 6. The number of phenolic OH excluding ortho intramolecular Hbond substituents is 1. The molecule has 4 aromatic rings. The van der Waals surface area contributed by atoms with Crippen molar-refractivity contribution in [1.82, 2.24) is 30.0 Å². The summed E-state index contributed by atoms with van der Waals surface area (Å²) in [6, 6.07) is 6.26. The lowest BCUT2D eigenvalue weighted by atomic mass is 10.1. The molecule has 0 spiro atoms. The first-order chi connectivity index (χ1) is 14.9. The number of hydrogen-bond acceptors (Lipinski definition) is 8. The van der Waals surface area contributed by atoms with E-state index in [1.807, 2.05) is 31.6 Å². The van der Waals surface area contributed by atoms with E-state index >= 15 is 0 Å². The molecule has 9 nitrogen and oxygen atoms in total. The van der Waals surface area contributed by atoms with E-state index in [2.05, 4.69) is 44.1 Å². The molecule has 9 heteroatoms. The van der Waals surface area contributed by atoms with Gasteiger partial charge in [0.25, 0.3) is 0 Å². The summed E-state index contributed by atoms with van der Waals surface area (Å²) in [5, 5.41) is 20.1. The second-order valence-electron chi connectivity index (χ2n) is 8.23. The number of anilines is 1. The number of aromatic hydroxyl groups is 1. The molecule has 31 heavy (non-hydrogen) atoms. The van der Waals surface area contributed by atoms with Crippen LogP contribution in [0, 0.1) is 0 Å². The Balaban J connectivity index is 1.60. The van der Waals surface area contributed by atoms with Crippen molar-refractivity contribution in [1.29, 1.82) is 0 Å². The number of rotatable bonds is 3. The lowest BCUT2D eigenvalue weighted by Gasteiger charge is -2.37. The Bertz CT molecular complexity index is 1280. The molecule has 0 radical (unpaired) electrons. The van der Waals surface area contributed by atoms with Gasteiger partial charge in [0.15, 0.2) is 11.5 Å². The van der Waals surface area contributed by atoms with Crippen molar-refractivity contribution in [3.8, 4) is 23.0 Å². The molecular weight excluding hydrogens is 394 g/mol. The van der Waals surface area contributed by atoms with Crippen molar-refractivity contribution in [2.75, 3.05) is 25.1 Å². The van der Waals surface area contributed by atoms with Gasteiger partial charge in [0.2, 0.25) is 5.88 Å². The zero-order valence-electron chi connectivity index (χ0n) is 18.0. The zero-order valence-corrected chi connectivity index (χ0v) is 18.0. The van der Waals surface area contributed by atoms with Gasteiger partial charge in [0.1, 0.15) is 5.75 Å². The minimum absolute atomic E-state index is 0.0630. The highest BCUT2D eigenvalue weighted by Gasteiger charge is 2.23. The highest BCUT2D eigenvalue weighted by molar-refractivity contribution is 5.89. The molecule has 0 saturated carbocycles. The Morgan fingerprint density at radius 2 is 1.90 bits per heavy atom. The van der Waals surface area contributed by atoms with Crippen LogP contribution in [0.25, 0.3) is 33.3 Å². The van der Waals surface area contributed by atoms with E-state index in [4.69, 9.17) is 4.74 Å². The van der Waals surface area contributed by atoms with Crippen molar-refractivity contribution in [3.63, 3.8) is 0 Å². The number of ether oxygens (including phenoxy) is 1. The van der Waals surface area contributed by atoms with Gasteiger partial charge < -0.3 is 20.1 Å². The quantitative estimate of drug-likeness (QED) is 0.522. The third-order valence-electron chi connectivity index (χ3n) is 5.60. The Morgan fingerprint density at radius 1 is 1.13 bits per heavy atom. The second kappa shape index (κ2) is 7.35. The summed E-state index contributed by atoms with van der Waals surface area (Å²) in [7, 11) is 3.42. The van der Waals surface area contributed by atoms with E-state index in [9.17, 15) is 5.11 Å². The number of fused-ring (bicyclic) bond motifs is 2. The van der Waals surface area contributed by atoms with Crippen LogP contribution in [0.2, 0.25) is 0 Å². The van der Waals surface area contributed by atoms with E-state index in [0.717, 1.165) is 29.5 Å². The maximum absolute atomic E-state index is 10.6. The average molecular weight is 419 g/mol. The van der Waals surface area contributed by atoms with Crippen LogP contribution in [0.1, 0.15) is 13.8 Å². The third-order valence-corrected chi connectivity index (χ3v) is 5.60. The molecule has 1 saturated heterocycles. The molecule has 3 aromatic heterocycles. The fraction of sp³-hybridized carbons (Fsp3) is 0.364. The molecule has 0 aliphatic carbocycles. The lowest BCUT2D eigenvalue weighted by Crippen LogP contribution is -2.54. The number of piperazine rings is 1. The average Bonchev–Trinajstić information content (AvgIpc) is 3.10. The minimum Gasteiger partial charge on any atom is -0.507 e. The summed E-state index contributed by atoms with van der Waals surface area (Å²) in [5.41, 5.74) is 2.75. The van der Waals surface area contributed by atoms with Crippen LogP contribution in [0.4, 0.5) is 5.69 Å². The molecule has 1 aliphatic heterocycles. The van der Waals surface area contributed by atoms with E-state index < -0.39 is 0 Å². The van der Waals surface area contributed by atoms with Gasteiger partial charge >= 0.3 is 0 Å². The number of aryl methyl sites for hydroxylation is 1. The number of pyridine rings is 1. The SMILES string of the molecule is COc1nc(-c2cc3cn(C)nc3cc2O)nc2ncc(N3CC(C)NC(C)C3)cc12. The Kier molecular flexibility index (Phi) is 4.62. The van der Waals surface area contributed by atoms with Gasteiger partial charge in [-0.1, -0.05) is 0 Å². The fourth-order valence-corrected chi connectivity index (χ4v) is 4.32. The zero-order chi connectivity index (χ0) is 21.7. The first-order valence-corrected chi connectivity index (χ1v) is 10.3. The predicted octanol–water partition coefficient (Wildman–Crippen LogP) is 2.48. The van der Waals surface area contributed by atoms with Gasteiger partial charge in [-0.05, 0) is 26.0 Å². The topological polar surface area (TPSA) is 101 Å². The summed E-state index contributed by atoms with van der Waals surface area (Å²) in [6.45, 7) is 6.16. The number of phenols is 1.